The zero-order valence-corrected chi connectivity index (χ0v) is 9.54. The summed E-state index contributed by atoms with van der Waals surface area (Å²) in [4.78, 5) is 5.81. The molecule has 78 valence electrons. The number of thiophene rings is 1. The number of unbranched alkanes of at least 4 members (excludes halogenated alkanes) is 1. The van der Waals surface area contributed by atoms with Crippen LogP contribution < -0.4 is 0 Å². The van der Waals surface area contributed by atoms with Crippen molar-refractivity contribution in [1.29, 1.82) is 0 Å². The van der Waals surface area contributed by atoms with Crippen molar-refractivity contribution < 1.29 is 0 Å². The van der Waals surface area contributed by atoms with Gasteiger partial charge in [-0.3, -0.25) is 4.98 Å². The molecule has 2 heteroatoms. The minimum absolute atomic E-state index is 1.10. The number of pyridine rings is 1. The van der Waals surface area contributed by atoms with Crippen LogP contribution in [0.15, 0.2) is 41.9 Å². The highest BCUT2D eigenvalue weighted by Crippen LogP contribution is 2.12. The summed E-state index contributed by atoms with van der Waals surface area (Å²) in [7, 11) is 0. The van der Waals surface area contributed by atoms with E-state index in [4.69, 9.17) is 0 Å². The van der Waals surface area contributed by atoms with Crippen LogP contribution in [0.4, 0.5) is 0 Å². The monoisotopic (exact) mass is 217 g/mol. The molecule has 0 fully saturated rings. The molecule has 2 heterocycles. The SMILES string of the molecule is c1ccc(CCCCc2cccs2)nc1. The van der Waals surface area contributed by atoms with E-state index in [9.17, 15) is 0 Å². The van der Waals surface area contributed by atoms with Gasteiger partial charge in [0.15, 0.2) is 0 Å². The Morgan fingerprint density at radius 2 is 1.93 bits per heavy atom. The molecular weight excluding hydrogens is 202 g/mol. The van der Waals surface area contributed by atoms with E-state index in [1.54, 1.807) is 0 Å². The van der Waals surface area contributed by atoms with E-state index in [-0.39, 0.29) is 0 Å². The third-order valence-corrected chi connectivity index (χ3v) is 3.35. The quantitative estimate of drug-likeness (QED) is 0.696. The molecule has 0 atom stereocenters. The van der Waals surface area contributed by atoms with Crippen LogP contribution in [0.25, 0.3) is 0 Å². The maximum Gasteiger partial charge on any atom is 0.0403 e. The van der Waals surface area contributed by atoms with Crippen LogP contribution in [0.3, 0.4) is 0 Å². The van der Waals surface area contributed by atoms with Gasteiger partial charge in [0.05, 0.1) is 0 Å². The fourth-order valence-electron chi connectivity index (χ4n) is 1.61. The van der Waals surface area contributed by atoms with Gasteiger partial charge in [-0.25, -0.2) is 0 Å². The fourth-order valence-corrected chi connectivity index (χ4v) is 2.36. The van der Waals surface area contributed by atoms with Gasteiger partial charge in [-0.2, -0.15) is 0 Å². The third kappa shape index (κ3) is 3.48. The van der Waals surface area contributed by atoms with Crippen LogP contribution >= 0.6 is 11.3 Å². The molecule has 0 N–H and O–H groups in total. The van der Waals surface area contributed by atoms with E-state index in [2.05, 4.69) is 34.6 Å². The van der Waals surface area contributed by atoms with Gasteiger partial charge >= 0.3 is 0 Å². The molecule has 0 spiro atoms. The molecule has 0 unspecified atom stereocenters. The van der Waals surface area contributed by atoms with Gasteiger partial charge in [0.1, 0.15) is 0 Å². The van der Waals surface area contributed by atoms with E-state index in [1.165, 1.54) is 29.8 Å². The predicted octanol–water partition coefficient (Wildman–Crippen LogP) is 3.71. The molecule has 0 saturated carbocycles. The zero-order chi connectivity index (χ0) is 10.3. The Bertz CT molecular complexity index is 367. The number of rotatable bonds is 5. The lowest BCUT2D eigenvalue weighted by molar-refractivity contribution is 0.728. The normalized spacial score (nSPS) is 10.4. The summed E-state index contributed by atoms with van der Waals surface area (Å²) in [6, 6.07) is 10.5. The van der Waals surface area contributed by atoms with Crippen molar-refractivity contribution in [3.05, 3.63) is 52.5 Å². The Morgan fingerprint density at radius 3 is 2.67 bits per heavy atom. The number of aromatic nitrogens is 1. The second-order valence-electron chi connectivity index (χ2n) is 3.61. The van der Waals surface area contributed by atoms with Gasteiger partial charge in [-0.05, 0) is 49.3 Å². The lowest BCUT2D eigenvalue weighted by Crippen LogP contribution is -1.90. The van der Waals surface area contributed by atoms with Crippen molar-refractivity contribution in [1.82, 2.24) is 4.98 Å². The topological polar surface area (TPSA) is 12.9 Å². The van der Waals surface area contributed by atoms with Crippen LogP contribution in [0.1, 0.15) is 23.4 Å². The molecule has 0 aliphatic carbocycles. The first-order chi connectivity index (χ1) is 7.45. The number of hydrogen-bond donors (Lipinski definition) is 0. The molecule has 0 aliphatic heterocycles. The minimum Gasteiger partial charge on any atom is -0.261 e. The average Bonchev–Trinajstić information content (AvgIpc) is 2.79. The van der Waals surface area contributed by atoms with Crippen molar-refractivity contribution in [2.24, 2.45) is 0 Å². The molecule has 1 nitrogen and oxygen atoms in total. The molecule has 2 aromatic heterocycles. The van der Waals surface area contributed by atoms with E-state index < -0.39 is 0 Å². The molecule has 2 rings (SSSR count). The van der Waals surface area contributed by atoms with Crippen molar-refractivity contribution in [3.8, 4) is 0 Å². The smallest absolute Gasteiger partial charge is 0.0403 e. The first kappa shape index (κ1) is 10.4. The van der Waals surface area contributed by atoms with Crippen LogP contribution in [-0.2, 0) is 12.8 Å². The molecule has 0 saturated heterocycles. The Hall–Kier alpha value is -1.15. The molecule has 0 radical (unpaired) electrons. The second-order valence-corrected chi connectivity index (χ2v) is 4.64. The van der Waals surface area contributed by atoms with Gasteiger partial charge in [-0.1, -0.05) is 12.1 Å². The first-order valence-electron chi connectivity index (χ1n) is 5.37. The van der Waals surface area contributed by atoms with Gasteiger partial charge in [-0.15, -0.1) is 11.3 Å². The highest BCUT2D eigenvalue weighted by Gasteiger charge is 1.96. The molecule has 0 amide bonds. The lowest BCUT2D eigenvalue weighted by atomic mass is 10.1. The first-order valence-corrected chi connectivity index (χ1v) is 6.25. The molecule has 2 aromatic rings. The van der Waals surface area contributed by atoms with Crippen molar-refractivity contribution >= 4 is 11.3 Å². The summed E-state index contributed by atoms with van der Waals surface area (Å²) in [5.41, 5.74) is 1.21. The Kier molecular flexibility index (Phi) is 3.92. The van der Waals surface area contributed by atoms with E-state index >= 15 is 0 Å². The molecule has 15 heavy (non-hydrogen) atoms. The predicted molar refractivity (Wildman–Crippen MR) is 65.2 cm³/mol. The average molecular weight is 217 g/mol. The number of nitrogens with zero attached hydrogens (tertiary/aromatic N) is 1. The third-order valence-electron chi connectivity index (χ3n) is 2.41. The fraction of sp³-hybridized carbons (Fsp3) is 0.308. The number of hydrogen-bond acceptors (Lipinski definition) is 2. The largest absolute Gasteiger partial charge is 0.261 e. The van der Waals surface area contributed by atoms with Crippen molar-refractivity contribution in [3.63, 3.8) is 0 Å². The van der Waals surface area contributed by atoms with Gasteiger partial charge in [0, 0.05) is 16.8 Å². The van der Waals surface area contributed by atoms with Crippen molar-refractivity contribution in [2.75, 3.05) is 0 Å². The summed E-state index contributed by atoms with van der Waals surface area (Å²) in [6.07, 6.45) is 6.68. The second kappa shape index (κ2) is 5.66. The number of aryl methyl sites for hydroxylation is 2. The van der Waals surface area contributed by atoms with Crippen LogP contribution in [0.5, 0.6) is 0 Å². The Morgan fingerprint density at radius 1 is 1.00 bits per heavy atom. The Balaban J connectivity index is 1.68. The van der Waals surface area contributed by atoms with E-state index in [0.29, 0.717) is 0 Å². The van der Waals surface area contributed by atoms with Crippen molar-refractivity contribution in [2.45, 2.75) is 25.7 Å². The maximum absolute atomic E-state index is 4.32. The minimum atomic E-state index is 1.10. The standard InChI is InChI=1S/C13H15NS/c1(2-8-13-9-5-11-15-13)6-12-7-3-4-10-14-12/h3-5,7,9-11H,1-2,6,8H2. The van der Waals surface area contributed by atoms with Gasteiger partial charge in [0.25, 0.3) is 0 Å². The summed E-state index contributed by atoms with van der Waals surface area (Å²) >= 11 is 1.85. The van der Waals surface area contributed by atoms with Gasteiger partial charge < -0.3 is 0 Å². The summed E-state index contributed by atoms with van der Waals surface area (Å²) < 4.78 is 0. The maximum atomic E-state index is 4.32. The Labute approximate surface area is 94.8 Å². The van der Waals surface area contributed by atoms with Crippen LogP contribution in [0.2, 0.25) is 0 Å². The zero-order valence-electron chi connectivity index (χ0n) is 8.73. The lowest BCUT2D eigenvalue weighted by Gasteiger charge is -1.99. The summed E-state index contributed by atoms with van der Waals surface area (Å²) in [5, 5.41) is 2.15. The highest BCUT2D eigenvalue weighted by molar-refractivity contribution is 7.09. The molecule has 0 aliphatic rings. The summed E-state index contributed by atoms with van der Waals surface area (Å²) in [5.74, 6) is 0. The molecule has 0 aromatic carbocycles. The van der Waals surface area contributed by atoms with E-state index in [1.807, 2.05) is 23.6 Å². The van der Waals surface area contributed by atoms with Gasteiger partial charge in [0.2, 0.25) is 0 Å². The molecule has 0 bridgehead atoms. The van der Waals surface area contributed by atoms with Crippen LogP contribution in [-0.4, -0.2) is 4.98 Å². The summed E-state index contributed by atoms with van der Waals surface area (Å²) in [6.45, 7) is 0. The van der Waals surface area contributed by atoms with E-state index in [0.717, 1.165) is 6.42 Å². The van der Waals surface area contributed by atoms with Crippen LogP contribution in [0, 0.1) is 0 Å². The highest BCUT2D eigenvalue weighted by atomic mass is 32.1. The molecular formula is C13H15NS.